The van der Waals surface area contributed by atoms with Gasteiger partial charge in [-0.3, -0.25) is 19.7 Å². The van der Waals surface area contributed by atoms with Gasteiger partial charge in [-0.1, -0.05) is 15.9 Å². The topological polar surface area (TPSA) is 93.7 Å². The van der Waals surface area contributed by atoms with Crippen molar-refractivity contribution in [3.05, 3.63) is 57.4 Å². The number of ether oxygens (including phenoxy) is 2. The number of carbonyl (C=O) groups is 3. The molecule has 2 aromatic carbocycles. The van der Waals surface area contributed by atoms with E-state index >= 15 is 0 Å². The smallest absolute Gasteiger partial charge is 0.290 e. The highest BCUT2D eigenvalue weighted by Crippen LogP contribution is 2.31. The standard InChI is InChI=1S/C20H17BrN2O5S/c1-2-27-15-6-4-14(5-7-15)22-18(24)11-28-16-8-3-13(21)9-12(16)10-17-19(25)23-20(26)29-17/h3-10H,2,11H2,1H3,(H,22,24)(H,23,25,26)/b17-10-. The third kappa shape index (κ3) is 5.85. The maximum Gasteiger partial charge on any atom is 0.290 e. The second-order valence-electron chi connectivity index (χ2n) is 5.83. The molecule has 3 rings (SSSR count). The molecule has 9 heteroatoms. The summed E-state index contributed by atoms with van der Waals surface area (Å²) in [5.41, 5.74) is 1.19. The van der Waals surface area contributed by atoms with Crippen LogP contribution in [-0.2, 0) is 9.59 Å². The molecule has 1 heterocycles. The van der Waals surface area contributed by atoms with Crippen molar-refractivity contribution in [3.63, 3.8) is 0 Å². The molecule has 0 spiro atoms. The summed E-state index contributed by atoms with van der Waals surface area (Å²) in [6.07, 6.45) is 1.55. The maximum absolute atomic E-state index is 12.2. The summed E-state index contributed by atoms with van der Waals surface area (Å²) in [7, 11) is 0. The number of imide groups is 1. The molecule has 0 atom stereocenters. The molecule has 0 aromatic heterocycles. The van der Waals surface area contributed by atoms with Crippen molar-refractivity contribution >= 4 is 56.5 Å². The van der Waals surface area contributed by atoms with E-state index in [0.717, 1.165) is 22.0 Å². The molecule has 7 nitrogen and oxygen atoms in total. The van der Waals surface area contributed by atoms with E-state index in [4.69, 9.17) is 9.47 Å². The lowest BCUT2D eigenvalue weighted by Crippen LogP contribution is -2.20. The summed E-state index contributed by atoms with van der Waals surface area (Å²) in [5, 5.41) is 4.52. The number of nitrogens with one attached hydrogen (secondary N) is 2. The van der Waals surface area contributed by atoms with Crippen molar-refractivity contribution < 1.29 is 23.9 Å². The SMILES string of the molecule is CCOc1ccc(NC(=O)COc2ccc(Br)cc2/C=C2\SC(=O)NC2=O)cc1. The fourth-order valence-electron chi connectivity index (χ4n) is 2.47. The molecule has 0 aliphatic carbocycles. The first-order chi connectivity index (χ1) is 13.9. The molecule has 1 fully saturated rings. The summed E-state index contributed by atoms with van der Waals surface area (Å²) in [5.74, 6) is 0.342. The number of thioether (sulfide) groups is 1. The molecule has 0 bridgehead atoms. The Morgan fingerprint density at radius 1 is 1.17 bits per heavy atom. The number of rotatable bonds is 7. The van der Waals surface area contributed by atoms with Gasteiger partial charge in [-0.2, -0.15) is 0 Å². The van der Waals surface area contributed by atoms with Crippen LogP contribution in [0.4, 0.5) is 10.5 Å². The second kappa shape index (κ2) is 9.62. The molecular weight excluding hydrogens is 460 g/mol. The molecule has 0 radical (unpaired) electrons. The number of amides is 3. The number of hydrogen-bond donors (Lipinski definition) is 2. The first-order valence-corrected chi connectivity index (χ1v) is 10.3. The molecule has 0 saturated carbocycles. The van der Waals surface area contributed by atoms with Crippen molar-refractivity contribution in [1.29, 1.82) is 0 Å². The van der Waals surface area contributed by atoms with Gasteiger partial charge in [0, 0.05) is 15.7 Å². The fraction of sp³-hybridized carbons (Fsp3) is 0.150. The summed E-state index contributed by atoms with van der Waals surface area (Å²) in [6, 6.07) is 12.2. The van der Waals surface area contributed by atoms with Gasteiger partial charge in [0.05, 0.1) is 11.5 Å². The van der Waals surface area contributed by atoms with Crippen molar-refractivity contribution in [1.82, 2.24) is 5.32 Å². The van der Waals surface area contributed by atoms with Crippen molar-refractivity contribution in [2.45, 2.75) is 6.92 Å². The quantitative estimate of drug-likeness (QED) is 0.581. The Balaban J connectivity index is 1.65. The average Bonchev–Trinajstić information content (AvgIpc) is 3.00. The number of carbonyl (C=O) groups excluding carboxylic acids is 3. The first kappa shape index (κ1) is 20.9. The summed E-state index contributed by atoms with van der Waals surface area (Å²) in [6.45, 7) is 2.25. The Morgan fingerprint density at radius 3 is 2.59 bits per heavy atom. The second-order valence-corrected chi connectivity index (χ2v) is 7.76. The van der Waals surface area contributed by atoms with Crippen LogP contribution in [0.2, 0.25) is 0 Å². The van der Waals surface area contributed by atoms with Gasteiger partial charge in [0.2, 0.25) is 0 Å². The predicted octanol–water partition coefficient (Wildman–Crippen LogP) is 4.19. The van der Waals surface area contributed by atoms with E-state index in [2.05, 4.69) is 26.6 Å². The zero-order chi connectivity index (χ0) is 20.8. The summed E-state index contributed by atoms with van der Waals surface area (Å²) >= 11 is 4.18. The predicted molar refractivity (Wildman–Crippen MR) is 115 cm³/mol. The van der Waals surface area contributed by atoms with E-state index < -0.39 is 11.1 Å². The Kier molecular flexibility index (Phi) is 6.95. The minimum absolute atomic E-state index is 0.219. The van der Waals surface area contributed by atoms with Crippen LogP contribution in [0, 0.1) is 0 Å². The zero-order valence-corrected chi connectivity index (χ0v) is 17.8. The van der Waals surface area contributed by atoms with E-state index in [1.807, 2.05) is 6.92 Å². The molecule has 0 unspecified atom stereocenters. The van der Waals surface area contributed by atoms with E-state index in [1.54, 1.807) is 48.5 Å². The van der Waals surface area contributed by atoms with Crippen LogP contribution in [0.3, 0.4) is 0 Å². The summed E-state index contributed by atoms with van der Waals surface area (Å²) in [4.78, 5) is 35.6. The third-order valence-electron chi connectivity index (χ3n) is 3.71. The van der Waals surface area contributed by atoms with Crippen LogP contribution >= 0.6 is 27.7 Å². The lowest BCUT2D eigenvalue weighted by atomic mass is 10.2. The van der Waals surface area contributed by atoms with E-state index in [0.29, 0.717) is 23.6 Å². The maximum atomic E-state index is 12.2. The monoisotopic (exact) mass is 476 g/mol. The molecule has 3 amide bonds. The van der Waals surface area contributed by atoms with Crippen molar-refractivity contribution in [2.24, 2.45) is 0 Å². The molecule has 29 heavy (non-hydrogen) atoms. The fourth-order valence-corrected chi connectivity index (χ4v) is 3.52. The third-order valence-corrected chi connectivity index (χ3v) is 5.01. The lowest BCUT2D eigenvalue weighted by Gasteiger charge is -2.11. The Hall–Kier alpha value is -2.78. The van der Waals surface area contributed by atoms with Gasteiger partial charge in [0.25, 0.3) is 17.1 Å². The molecule has 150 valence electrons. The number of halogens is 1. The van der Waals surface area contributed by atoms with Crippen LogP contribution in [-0.4, -0.2) is 30.3 Å². The molecular formula is C20H17BrN2O5S. The van der Waals surface area contributed by atoms with Gasteiger partial charge in [-0.15, -0.1) is 0 Å². The van der Waals surface area contributed by atoms with Gasteiger partial charge in [-0.25, -0.2) is 0 Å². The highest BCUT2D eigenvalue weighted by Gasteiger charge is 2.25. The molecule has 1 aliphatic rings. The highest BCUT2D eigenvalue weighted by atomic mass is 79.9. The molecule has 1 aliphatic heterocycles. The van der Waals surface area contributed by atoms with Gasteiger partial charge in [0.15, 0.2) is 6.61 Å². The van der Waals surface area contributed by atoms with Crippen LogP contribution in [0.5, 0.6) is 11.5 Å². The Morgan fingerprint density at radius 2 is 1.93 bits per heavy atom. The average molecular weight is 477 g/mol. The number of anilines is 1. The van der Waals surface area contributed by atoms with Crippen molar-refractivity contribution in [2.75, 3.05) is 18.5 Å². The van der Waals surface area contributed by atoms with Crippen LogP contribution in [0.1, 0.15) is 12.5 Å². The van der Waals surface area contributed by atoms with Gasteiger partial charge in [-0.05, 0) is 67.2 Å². The minimum atomic E-state index is -0.459. The zero-order valence-electron chi connectivity index (χ0n) is 15.4. The summed E-state index contributed by atoms with van der Waals surface area (Å²) < 4.78 is 11.8. The van der Waals surface area contributed by atoms with E-state index in [9.17, 15) is 14.4 Å². The highest BCUT2D eigenvalue weighted by molar-refractivity contribution is 9.10. The lowest BCUT2D eigenvalue weighted by molar-refractivity contribution is -0.118. The van der Waals surface area contributed by atoms with E-state index in [1.165, 1.54) is 0 Å². The molecule has 2 N–H and O–H groups in total. The van der Waals surface area contributed by atoms with Gasteiger partial charge >= 0.3 is 0 Å². The van der Waals surface area contributed by atoms with Gasteiger partial charge < -0.3 is 14.8 Å². The Labute approximate surface area is 180 Å². The number of hydrogen-bond acceptors (Lipinski definition) is 6. The van der Waals surface area contributed by atoms with Crippen LogP contribution < -0.4 is 20.1 Å². The van der Waals surface area contributed by atoms with Crippen LogP contribution in [0.15, 0.2) is 51.8 Å². The largest absolute Gasteiger partial charge is 0.494 e. The van der Waals surface area contributed by atoms with Crippen molar-refractivity contribution in [3.8, 4) is 11.5 Å². The molecule has 2 aromatic rings. The minimum Gasteiger partial charge on any atom is -0.494 e. The van der Waals surface area contributed by atoms with Gasteiger partial charge in [0.1, 0.15) is 11.5 Å². The number of benzene rings is 2. The Bertz CT molecular complexity index is 975. The molecule has 1 saturated heterocycles. The first-order valence-electron chi connectivity index (χ1n) is 8.64. The van der Waals surface area contributed by atoms with Crippen LogP contribution in [0.25, 0.3) is 6.08 Å². The normalized spacial score (nSPS) is 14.6. The van der Waals surface area contributed by atoms with E-state index in [-0.39, 0.29) is 17.4 Å².